The first-order valence-electron chi connectivity index (χ1n) is 10.2. The zero-order valence-electron chi connectivity index (χ0n) is 16.8. The molecular weight excluding hydrogens is 402 g/mol. The minimum atomic E-state index is -0.0928. The Morgan fingerprint density at radius 1 is 1.14 bits per heavy atom. The van der Waals surface area contributed by atoms with Crippen LogP contribution in [0.25, 0.3) is 17.0 Å². The van der Waals surface area contributed by atoms with Crippen molar-refractivity contribution in [1.29, 1.82) is 0 Å². The third-order valence-corrected chi connectivity index (χ3v) is 6.89. The number of nitrogens with zero attached hydrogens (tertiary/aromatic N) is 3. The third-order valence-electron chi connectivity index (χ3n) is 5.52. The topological polar surface area (TPSA) is 45.6 Å². The maximum absolute atomic E-state index is 13.5. The summed E-state index contributed by atoms with van der Waals surface area (Å²) in [6.45, 7) is 7.05. The number of anilines is 1. The van der Waals surface area contributed by atoms with Crippen molar-refractivity contribution in [3.63, 3.8) is 0 Å². The molecule has 2 fully saturated rings. The number of rotatable bonds is 5. The van der Waals surface area contributed by atoms with Crippen molar-refractivity contribution in [3.8, 4) is 0 Å². The molecule has 0 radical (unpaired) electrons. The van der Waals surface area contributed by atoms with Crippen LogP contribution in [0.3, 0.4) is 0 Å². The number of hydrogen-bond acceptors (Lipinski definition) is 5. The fourth-order valence-electron chi connectivity index (χ4n) is 4.18. The Morgan fingerprint density at radius 3 is 2.55 bits per heavy atom. The van der Waals surface area contributed by atoms with E-state index in [0.717, 1.165) is 48.9 Å². The number of benzene rings is 1. The monoisotopic (exact) mass is 427 g/mol. The number of amides is 1. The van der Waals surface area contributed by atoms with Gasteiger partial charge in [-0.3, -0.25) is 14.5 Å². The molecule has 0 N–H and O–H groups in total. The van der Waals surface area contributed by atoms with Crippen LogP contribution < -0.4 is 10.5 Å². The SMILES string of the molecule is CCCN1C(=O)C(=Cc2c(N3CCCC3)c3ccccc3n(CC)c2=O)SC1=S. The molecule has 2 saturated heterocycles. The highest BCUT2D eigenvalue weighted by atomic mass is 32.2. The van der Waals surface area contributed by atoms with E-state index in [-0.39, 0.29) is 11.5 Å². The van der Waals surface area contributed by atoms with E-state index < -0.39 is 0 Å². The fourth-order valence-corrected chi connectivity index (χ4v) is 5.47. The summed E-state index contributed by atoms with van der Waals surface area (Å²) in [5.74, 6) is -0.0928. The van der Waals surface area contributed by atoms with Gasteiger partial charge in [-0.25, -0.2) is 0 Å². The summed E-state index contributed by atoms with van der Waals surface area (Å²) in [5, 5.41) is 1.06. The van der Waals surface area contributed by atoms with Crippen LogP contribution in [0.2, 0.25) is 0 Å². The minimum Gasteiger partial charge on any atom is -0.370 e. The number of carbonyl (C=O) groups excluding carboxylic acids is 1. The number of thiocarbonyl (C=S) groups is 1. The average Bonchev–Trinajstić information content (AvgIpc) is 3.33. The number of pyridine rings is 1. The Labute approximate surface area is 180 Å². The number of thioether (sulfide) groups is 1. The van der Waals surface area contributed by atoms with E-state index in [4.69, 9.17) is 12.2 Å². The van der Waals surface area contributed by atoms with Crippen molar-refractivity contribution in [2.24, 2.45) is 0 Å². The van der Waals surface area contributed by atoms with E-state index >= 15 is 0 Å². The maximum atomic E-state index is 13.5. The summed E-state index contributed by atoms with van der Waals surface area (Å²) in [6.07, 6.45) is 4.85. The number of para-hydroxylation sites is 1. The van der Waals surface area contributed by atoms with Crippen LogP contribution in [0.1, 0.15) is 38.7 Å². The number of fused-ring (bicyclic) bond motifs is 1. The van der Waals surface area contributed by atoms with Crippen molar-refractivity contribution >= 4 is 56.9 Å². The van der Waals surface area contributed by atoms with E-state index in [2.05, 4.69) is 11.0 Å². The van der Waals surface area contributed by atoms with Crippen LogP contribution in [0, 0.1) is 0 Å². The van der Waals surface area contributed by atoms with Gasteiger partial charge in [0.15, 0.2) is 0 Å². The zero-order valence-corrected chi connectivity index (χ0v) is 18.4. The predicted octanol–water partition coefficient (Wildman–Crippen LogP) is 4.23. The molecule has 7 heteroatoms. The molecule has 5 nitrogen and oxygen atoms in total. The second-order valence-electron chi connectivity index (χ2n) is 7.36. The van der Waals surface area contributed by atoms with Crippen LogP contribution in [-0.2, 0) is 11.3 Å². The highest BCUT2D eigenvalue weighted by Crippen LogP contribution is 2.37. The van der Waals surface area contributed by atoms with Crippen LogP contribution in [0.5, 0.6) is 0 Å². The zero-order chi connectivity index (χ0) is 20.5. The van der Waals surface area contributed by atoms with Gasteiger partial charge < -0.3 is 9.47 Å². The normalized spacial score (nSPS) is 18.6. The van der Waals surface area contributed by atoms with Crippen LogP contribution >= 0.6 is 24.0 Å². The molecule has 2 aliphatic rings. The van der Waals surface area contributed by atoms with Crippen molar-refractivity contribution in [1.82, 2.24) is 9.47 Å². The molecule has 1 aromatic heterocycles. The van der Waals surface area contributed by atoms with Crippen LogP contribution in [0.15, 0.2) is 34.0 Å². The van der Waals surface area contributed by atoms with Gasteiger partial charge in [-0.15, -0.1) is 0 Å². The van der Waals surface area contributed by atoms with Gasteiger partial charge in [0.25, 0.3) is 11.5 Å². The smallest absolute Gasteiger partial charge is 0.266 e. The molecule has 3 heterocycles. The second kappa shape index (κ2) is 8.32. The molecule has 2 aromatic rings. The molecule has 29 heavy (non-hydrogen) atoms. The highest BCUT2D eigenvalue weighted by molar-refractivity contribution is 8.26. The van der Waals surface area contributed by atoms with Crippen molar-refractivity contribution < 1.29 is 4.79 Å². The first-order valence-corrected chi connectivity index (χ1v) is 11.4. The maximum Gasteiger partial charge on any atom is 0.266 e. The van der Waals surface area contributed by atoms with Crippen LogP contribution in [-0.4, -0.2) is 39.3 Å². The average molecular weight is 428 g/mol. The molecule has 0 aliphatic carbocycles. The largest absolute Gasteiger partial charge is 0.370 e. The minimum absolute atomic E-state index is 0.0474. The first kappa shape index (κ1) is 20.2. The van der Waals surface area contributed by atoms with Crippen molar-refractivity contribution in [3.05, 3.63) is 45.1 Å². The fraction of sp³-hybridized carbons (Fsp3) is 0.409. The third kappa shape index (κ3) is 3.51. The van der Waals surface area contributed by atoms with Gasteiger partial charge in [0.2, 0.25) is 0 Å². The van der Waals surface area contributed by atoms with E-state index in [1.165, 1.54) is 11.8 Å². The van der Waals surface area contributed by atoms with Crippen molar-refractivity contribution in [2.75, 3.05) is 24.5 Å². The highest BCUT2D eigenvalue weighted by Gasteiger charge is 2.32. The number of aromatic nitrogens is 1. The number of hydrogen-bond donors (Lipinski definition) is 0. The Hall–Kier alpha value is -2.12. The van der Waals surface area contributed by atoms with Gasteiger partial charge in [-0.2, -0.15) is 0 Å². The lowest BCUT2D eigenvalue weighted by molar-refractivity contribution is -0.122. The Morgan fingerprint density at radius 2 is 1.86 bits per heavy atom. The molecule has 0 unspecified atom stereocenters. The van der Waals surface area contributed by atoms with Gasteiger partial charge >= 0.3 is 0 Å². The van der Waals surface area contributed by atoms with E-state index in [9.17, 15) is 9.59 Å². The number of carbonyl (C=O) groups is 1. The molecule has 152 valence electrons. The van der Waals surface area contributed by atoms with E-state index in [1.807, 2.05) is 32.0 Å². The molecular formula is C22H25N3O2S2. The Balaban J connectivity index is 1.95. The lowest BCUT2D eigenvalue weighted by Crippen LogP contribution is -2.29. The van der Waals surface area contributed by atoms with Gasteiger partial charge in [-0.1, -0.05) is 49.1 Å². The van der Waals surface area contributed by atoms with Crippen LogP contribution in [0.4, 0.5) is 5.69 Å². The van der Waals surface area contributed by atoms with Gasteiger partial charge in [0.05, 0.1) is 21.7 Å². The second-order valence-corrected chi connectivity index (χ2v) is 9.03. The molecule has 1 amide bonds. The van der Waals surface area contributed by atoms with Gasteiger partial charge in [-0.05, 0) is 38.3 Å². The van der Waals surface area contributed by atoms with E-state index in [1.54, 1.807) is 15.5 Å². The molecule has 0 saturated carbocycles. The summed E-state index contributed by atoms with van der Waals surface area (Å²) in [5.41, 5.74) is 2.45. The molecule has 0 atom stereocenters. The molecule has 4 rings (SSSR count). The summed E-state index contributed by atoms with van der Waals surface area (Å²) in [7, 11) is 0. The Bertz CT molecular complexity index is 1070. The summed E-state index contributed by atoms with van der Waals surface area (Å²) < 4.78 is 2.37. The predicted molar refractivity (Wildman–Crippen MR) is 125 cm³/mol. The lowest BCUT2D eigenvalue weighted by atomic mass is 10.1. The standard InChI is InChI=1S/C22H25N3O2S2/c1-3-11-25-21(27)18(29-22(25)28)14-16-19(23-12-7-8-13-23)15-9-5-6-10-17(15)24(4-2)20(16)26/h5-6,9-10,14H,3-4,7-8,11-13H2,1-2H3. The van der Waals surface area contributed by atoms with Gasteiger partial charge in [0, 0.05) is 31.6 Å². The molecule has 2 aliphatic heterocycles. The number of aryl methyl sites for hydroxylation is 1. The van der Waals surface area contributed by atoms with Crippen molar-refractivity contribution in [2.45, 2.75) is 39.7 Å². The molecule has 1 aromatic carbocycles. The summed E-state index contributed by atoms with van der Waals surface area (Å²) in [6, 6.07) is 8.06. The summed E-state index contributed by atoms with van der Waals surface area (Å²) in [4.78, 5) is 30.9. The quantitative estimate of drug-likeness (QED) is 0.528. The van der Waals surface area contributed by atoms with E-state index in [0.29, 0.717) is 27.9 Å². The molecule has 0 spiro atoms. The first-order chi connectivity index (χ1) is 14.1. The van der Waals surface area contributed by atoms with Gasteiger partial charge in [0.1, 0.15) is 4.32 Å². The molecule has 0 bridgehead atoms. The lowest BCUT2D eigenvalue weighted by Gasteiger charge is -2.24. The Kier molecular flexibility index (Phi) is 5.79. The summed E-state index contributed by atoms with van der Waals surface area (Å²) >= 11 is 6.71.